The molecule has 0 unspecified atom stereocenters. The minimum atomic E-state index is -1.06. The fraction of sp³-hybridized carbons (Fsp3) is 0.667. The van der Waals surface area contributed by atoms with E-state index >= 15 is 0 Å². The van der Waals surface area contributed by atoms with Gasteiger partial charge in [0.1, 0.15) is 5.54 Å². The topological polar surface area (TPSA) is 79.3 Å². The number of rotatable bonds is 6. The first-order valence-electron chi connectivity index (χ1n) is 7.47. The quantitative estimate of drug-likeness (QED) is 0.846. The van der Waals surface area contributed by atoms with Crippen LogP contribution in [0.2, 0.25) is 0 Å². The van der Waals surface area contributed by atoms with Gasteiger partial charge in [-0.3, -0.25) is 4.79 Å². The number of carboxylic acids is 1. The molecule has 1 aromatic rings. The zero-order chi connectivity index (χ0) is 15.3. The van der Waals surface area contributed by atoms with Crippen LogP contribution in [-0.2, 0) is 16.0 Å². The van der Waals surface area contributed by atoms with E-state index in [0.29, 0.717) is 25.2 Å². The molecular formula is C15H22N2O3S. The number of hydrogen-bond acceptors (Lipinski definition) is 4. The predicted octanol–water partition coefficient (Wildman–Crippen LogP) is 2.62. The van der Waals surface area contributed by atoms with Crippen molar-refractivity contribution in [2.45, 2.75) is 57.4 Å². The normalized spacial score (nSPS) is 25.5. The number of aryl methyl sites for hydroxylation is 1. The zero-order valence-corrected chi connectivity index (χ0v) is 13.1. The molecule has 2 N–H and O–H groups in total. The average molecular weight is 310 g/mol. The Morgan fingerprint density at radius 3 is 2.71 bits per heavy atom. The lowest BCUT2D eigenvalue weighted by atomic mass is 9.75. The summed E-state index contributed by atoms with van der Waals surface area (Å²) in [5, 5.41) is 14.2. The lowest BCUT2D eigenvalue weighted by molar-refractivity contribution is -0.149. The van der Waals surface area contributed by atoms with Gasteiger partial charge in [-0.05, 0) is 38.0 Å². The maximum absolute atomic E-state index is 12.1. The minimum Gasteiger partial charge on any atom is -0.480 e. The Bertz CT molecular complexity index is 479. The van der Waals surface area contributed by atoms with Crippen LogP contribution in [0.5, 0.6) is 0 Å². The van der Waals surface area contributed by atoms with Crippen LogP contribution in [0.15, 0.2) is 10.9 Å². The summed E-state index contributed by atoms with van der Waals surface area (Å²) in [6.07, 6.45) is 4.73. The van der Waals surface area contributed by atoms with Crippen molar-refractivity contribution in [1.29, 1.82) is 0 Å². The monoisotopic (exact) mass is 310 g/mol. The molecule has 0 spiro atoms. The molecule has 0 atom stereocenters. The van der Waals surface area contributed by atoms with Crippen LogP contribution < -0.4 is 5.32 Å². The number of nitrogens with zero attached hydrogens (tertiary/aromatic N) is 1. The molecule has 1 saturated carbocycles. The van der Waals surface area contributed by atoms with Gasteiger partial charge >= 0.3 is 5.97 Å². The molecule has 1 fully saturated rings. The third-order valence-electron chi connectivity index (χ3n) is 4.42. The highest BCUT2D eigenvalue weighted by atomic mass is 32.1. The van der Waals surface area contributed by atoms with Gasteiger partial charge in [0.15, 0.2) is 0 Å². The molecule has 21 heavy (non-hydrogen) atoms. The Hall–Kier alpha value is -1.43. The van der Waals surface area contributed by atoms with Gasteiger partial charge in [-0.1, -0.05) is 13.3 Å². The van der Waals surface area contributed by atoms with Crippen molar-refractivity contribution in [2.75, 3.05) is 0 Å². The Balaban J connectivity index is 1.90. The maximum atomic E-state index is 12.1. The van der Waals surface area contributed by atoms with E-state index in [0.717, 1.165) is 25.0 Å². The van der Waals surface area contributed by atoms with E-state index < -0.39 is 11.5 Å². The number of aliphatic carboxylic acids is 1. The molecule has 6 heteroatoms. The first-order chi connectivity index (χ1) is 10.1. The van der Waals surface area contributed by atoms with E-state index in [1.807, 2.05) is 5.38 Å². The minimum absolute atomic E-state index is 0.194. The number of carboxylic acid groups (broad SMARTS) is 1. The summed E-state index contributed by atoms with van der Waals surface area (Å²) in [5.74, 6) is -0.510. The summed E-state index contributed by atoms with van der Waals surface area (Å²) in [6.45, 7) is 2.13. The molecule has 1 aliphatic rings. The predicted molar refractivity (Wildman–Crippen MR) is 81.2 cm³/mol. The fourth-order valence-corrected chi connectivity index (χ4v) is 3.50. The van der Waals surface area contributed by atoms with Gasteiger partial charge in [0.05, 0.1) is 11.2 Å². The molecule has 116 valence electrons. The van der Waals surface area contributed by atoms with Gasteiger partial charge in [-0.2, -0.15) is 0 Å². The van der Waals surface area contributed by atoms with Crippen molar-refractivity contribution in [3.05, 3.63) is 16.6 Å². The molecule has 0 bridgehead atoms. The fourth-order valence-electron chi connectivity index (χ4n) is 2.90. The third-order valence-corrected chi connectivity index (χ3v) is 5.05. The van der Waals surface area contributed by atoms with Gasteiger partial charge < -0.3 is 10.4 Å². The molecule has 1 amide bonds. The number of carbonyl (C=O) groups is 2. The third kappa shape index (κ3) is 4.03. The number of aromatic nitrogens is 1. The standard InChI is InChI=1S/C15H22N2O3S/c1-2-11-5-7-15(8-6-11,14(19)20)17-13(18)4-3-12-9-21-10-16-12/h9-11H,2-8H2,1H3,(H,17,18)(H,19,20). The van der Waals surface area contributed by atoms with Crippen molar-refractivity contribution >= 4 is 23.2 Å². The van der Waals surface area contributed by atoms with Crippen LogP contribution >= 0.6 is 11.3 Å². The van der Waals surface area contributed by atoms with Crippen LogP contribution in [0, 0.1) is 5.92 Å². The number of carbonyl (C=O) groups excluding carboxylic acids is 1. The van der Waals surface area contributed by atoms with E-state index in [2.05, 4.69) is 17.2 Å². The maximum Gasteiger partial charge on any atom is 0.329 e. The van der Waals surface area contributed by atoms with Gasteiger partial charge in [0.25, 0.3) is 0 Å². The van der Waals surface area contributed by atoms with Crippen molar-refractivity contribution in [3.63, 3.8) is 0 Å². The van der Waals surface area contributed by atoms with E-state index in [1.54, 1.807) is 5.51 Å². The van der Waals surface area contributed by atoms with Crippen LogP contribution in [0.4, 0.5) is 0 Å². The van der Waals surface area contributed by atoms with Crippen LogP contribution in [0.1, 0.15) is 51.1 Å². The smallest absolute Gasteiger partial charge is 0.329 e. The molecule has 1 aromatic heterocycles. The highest BCUT2D eigenvalue weighted by Gasteiger charge is 2.42. The molecule has 5 nitrogen and oxygen atoms in total. The molecule has 1 heterocycles. The summed E-state index contributed by atoms with van der Waals surface area (Å²) >= 11 is 1.50. The molecule has 0 aliphatic heterocycles. The second-order valence-electron chi connectivity index (χ2n) is 5.77. The number of thiazole rings is 1. The van der Waals surface area contributed by atoms with Crippen LogP contribution in [0.25, 0.3) is 0 Å². The van der Waals surface area contributed by atoms with Crippen molar-refractivity contribution < 1.29 is 14.7 Å². The highest BCUT2D eigenvalue weighted by molar-refractivity contribution is 7.07. The van der Waals surface area contributed by atoms with Crippen molar-refractivity contribution in [1.82, 2.24) is 10.3 Å². The summed E-state index contributed by atoms with van der Waals surface area (Å²) < 4.78 is 0. The molecule has 1 aliphatic carbocycles. The molecular weight excluding hydrogens is 288 g/mol. The number of nitrogens with one attached hydrogen (secondary N) is 1. The van der Waals surface area contributed by atoms with Crippen LogP contribution in [0.3, 0.4) is 0 Å². The summed E-state index contributed by atoms with van der Waals surface area (Å²) in [7, 11) is 0. The number of amides is 1. The lowest BCUT2D eigenvalue weighted by Gasteiger charge is -2.37. The van der Waals surface area contributed by atoms with E-state index in [-0.39, 0.29) is 12.3 Å². The molecule has 2 rings (SSSR count). The van der Waals surface area contributed by atoms with Crippen LogP contribution in [-0.4, -0.2) is 27.5 Å². The molecule has 0 radical (unpaired) electrons. The first kappa shape index (κ1) is 15.9. The largest absolute Gasteiger partial charge is 0.480 e. The van der Waals surface area contributed by atoms with Gasteiger partial charge in [0, 0.05) is 11.8 Å². The SMILES string of the molecule is CCC1CCC(NC(=O)CCc2cscn2)(C(=O)O)CC1. The van der Waals surface area contributed by atoms with E-state index in [4.69, 9.17) is 0 Å². The Labute approximate surface area is 128 Å². The summed E-state index contributed by atoms with van der Waals surface area (Å²) in [5.41, 5.74) is 1.55. The lowest BCUT2D eigenvalue weighted by Crippen LogP contribution is -2.56. The summed E-state index contributed by atoms with van der Waals surface area (Å²) in [6, 6.07) is 0. The van der Waals surface area contributed by atoms with E-state index in [1.165, 1.54) is 11.3 Å². The van der Waals surface area contributed by atoms with Gasteiger partial charge in [-0.15, -0.1) is 11.3 Å². The first-order valence-corrected chi connectivity index (χ1v) is 8.41. The Morgan fingerprint density at radius 1 is 1.48 bits per heavy atom. The van der Waals surface area contributed by atoms with Crippen molar-refractivity contribution in [3.8, 4) is 0 Å². The second kappa shape index (κ2) is 7.02. The Morgan fingerprint density at radius 2 is 2.19 bits per heavy atom. The van der Waals surface area contributed by atoms with E-state index in [9.17, 15) is 14.7 Å². The number of hydrogen-bond donors (Lipinski definition) is 2. The highest BCUT2D eigenvalue weighted by Crippen LogP contribution is 2.34. The second-order valence-corrected chi connectivity index (χ2v) is 6.49. The van der Waals surface area contributed by atoms with Crippen molar-refractivity contribution in [2.24, 2.45) is 5.92 Å². The zero-order valence-electron chi connectivity index (χ0n) is 12.3. The summed E-state index contributed by atoms with van der Waals surface area (Å²) in [4.78, 5) is 27.8. The molecule has 0 saturated heterocycles. The van der Waals surface area contributed by atoms with Gasteiger partial charge in [0.2, 0.25) is 5.91 Å². The Kier molecular flexibility index (Phi) is 5.33. The molecule has 0 aromatic carbocycles. The average Bonchev–Trinajstić information content (AvgIpc) is 2.99. The van der Waals surface area contributed by atoms with Gasteiger partial charge in [-0.25, -0.2) is 9.78 Å².